The van der Waals surface area contributed by atoms with Crippen LogP contribution in [0.1, 0.15) is 24.9 Å². The molecule has 0 unspecified atom stereocenters. The van der Waals surface area contributed by atoms with E-state index in [0.717, 1.165) is 17.2 Å². The van der Waals surface area contributed by atoms with Gasteiger partial charge in [-0.1, -0.05) is 56.9 Å². The normalized spacial score (nSPS) is 13.1. The molecule has 1 aromatic carbocycles. The lowest BCUT2D eigenvalue weighted by molar-refractivity contribution is -0.118. The second-order valence-electron chi connectivity index (χ2n) is 9.42. The molecule has 0 aliphatic carbocycles. The van der Waals surface area contributed by atoms with Crippen LogP contribution in [0.4, 0.5) is 10.5 Å². The summed E-state index contributed by atoms with van der Waals surface area (Å²) in [5, 5.41) is 19.2. The number of rotatable bonds is 13. The van der Waals surface area contributed by atoms with Crippen molar-refractivity contribution in [2.24, 2.45) is 5.92 Å². The Morgan fingerprint density at radius 3 is 2.65 bits per heavy atom. The van der Waals surface area contributed by atoms with Crippen LogP contribution in [0.2, 0.25) is 25.7 Å². The highest BCUT2D eigenvalue weighted by atomic mass is 28.3. The van der Waals surface area contributed by atoms with Crippen LogP contribution in [-0.4, -0.2) is 41.6 Å². The monoisotopic (exact) mass is 484 g/mol. The largest absolute Gasteiger partial charge is 0.465 e. The average Bonchev–Trinajstić information content (AvgIpc) is 3.17. The zero-order chi connectivity index (χ0) is 25.3. The Bertz CT molecular complexity index is 1010. The first-order valence-electron chi connectivity index (χ1n) is 11.3. The van der Waals surface area contributed by atoms with Gasteiger partial charge < -0.3 is 20.5 Å². The Labute approximate surface area is 202 Å². The van der Waals surface area contributed by atoms with E-state index in [0.29, 0.717) is 24.4 Å². The number of anilines is 1. The maximum absolute atomic E-state index is 12.6. The molecular weight excluding hydrogens is 448 g/mol. The van der Waals surface area contributed by atoms with E-state index in [1.54, 1.807) is 30.0 Å². The topological polar surface area (TPSA) is 105 Å². The molecule has 2 atom stereocenters. The van der Waals surface area contributed by atoms with E-state index in [2.05, 4.69) is 48.5 Å². The number of hydrogen-bond acceptors (Lipinski definition) is 4. The molecule has 2 rings (SSSR count). The van der Waals surface area contributed by atoms with Gasteiger partial charge in [-0.2, -0.15) is 5.10 Å². The lowest BCUT2D eigenvalue weighted by Gasteiger charge is -2.18. The van der Waals surface area contributed by atoms with Crippen molar-refractivity contribution in [2.75, 3.05) is 11.9 Å². The summed E-state index contributed by atoms with van der Waals surface area (Å²) in [6.45, 7) is 16.9. The molecule has 8 nitrogen and oxygen atoms in total. The molecule has 0 fully saturated rings. The first-order valence-corrected chi connectivity index (χ1v) is 15.0. The molecule has 0 saturated carbocycles. The van der Waals surface area contributed by atoms with Crippen molar-refractivity contribution in [2.45, 2.75) is 51.8 Å². The molecule has 0 aliphatic heterocycles. The molecule has 0 aliphatic rings. The summed E-state index contributed by atoms with van der Waals surface area (Å²) < 4.78 is 7.63. The van der Waals surface area contributed by atoms with Gasteiger partial charge in [0.15, 0.2) is 0 Å². The molecular formula is C25H36N4O4Si. The van der Waals surface area contributed by atoms with Gasteiger partial charge >= 0.3 is 6.09 Å². The van der Waals surface area contributed by atoms with Crippen molar-refractivity contribution >= 4 is 25.8 Å². The fraction of sp³-hybridized carbons (Fsp3) is 0.400. The maximum atomic E-state index is 12.6. The summed E-state index contributed by atoms with van der Waals surface area (Å²) in [5.74, 6) is -0.559. The fourth-order valence-corrected chi connectivity index (χ4v) is 4.02. The third-order valence-corrected chi connectivity index (χ3v) is 7.04. The van der Waals surface area contributed by atoms with E-state index in [4.69, 9.17) is 4.74 Å². The Morgan fingerprint density at radius 1 is 1.29 bits per heavy atom. The van der Waals surface area contributed by atoms with Crippen LogP contribution >= 0.6 is 0 Å². The number of aromatic nitrogens is 2. The van der Waals surface area contributed by atoms with Gasteiger partial charge in [0.1, 0.15) is 6.73 Å². The minimum Gasteiger partial charge on any atom is -0.465 e. The highest BCUT2D eigenvalue weighted by Crippen LogP contribution is 2.31. The smallest absolute Gasteiger partial charge is 0.405 e. The van der Waals surface area contributed by atoms with Crippen LogP contribution in [0, 0.1) is 5.92 Å². The van der Waals surface area contributed by atoms with Crippen LogP contribution in [-0.2, 0) is 16.3 Å². The van der Waals surface area contributed by atoms with Gasteiger partial charge in [0.2, 0.25) is 5.91 Å². The van der Waals surface area contributed by atoms with E-state index in [1.165, 1.54) is 0 Å². The van der Waals surface area contributed by atoms with Crippen molar-refractivity contribution in [3.63, 3.8) is 0 Å². The zero-order valence-electron chi connectivity index (χ0n) is 20.5. The van der Waals surface area contributed by atoms with E-state index in [1.807, 2.05) is 24.3 Å². The van der Waals surface area contributed by atoms with Crippen molar-refractivity contribution in [3.05, 3.63) is 61.3 Å². The molecule has 184 valence electrons. The van der Waals surface area contributed by atoms with E-state index < -0.39 is 20.2 Å². The van der Waals surface area contributed by atoms with Crippen LogP contribution in [0.3, 0.4) is 0 Å². The number of hydrogen-bond donors (Lipinski definition) is 3. The average molecular weight is 485 g/mol. The molecule has 0 radical (unpaired) electrons. The first kappa shape index (κ1) is 27.1. The SMILES string of the molecule is C=CC[C@H](NC(=O)O)c1cccc(-c2c(NC(=O)[C@H](C)C=C)cnn2COCC[Si](C)(C)C)c1. The molecule has 1 aromatic heterocycles. The maximum Gasteiger partial charge on any atom is 0.405 e. The number of carbonyl (C=O) groups excluding carboxylic acids is 1. The molecule has 0 saturated heterocycles. The van der Waals surface area contributed by atoms with E-state index in [9.17, 15) is 14.7 Å². The van der Waals surface area contributed by atoms with Gasteiger partial charge in [-0.3, -0.25) is 4.79 Å². The molecule has 9 heteroatoms. The van der Waals surface area contributed by atoms with Gasteiger partial charge in [0.05, 0.1) is 29.5 Å². The van der Waals surface area contributed by atoms with Gasteiger partial charge in [0, 0.05) is 20.2 Å². The van der Waals surface area contributed by atoms with Crippen molar-refractivity contribution < 1.29 is 19.4 Å². The number of carboxylic acid groups (broad SMARTS) is 1. The number of benzene rings is 1. The minimum atomic E-state index is -1.23. The molecule has 0 bridgehead atoms. The van der Waals surface area contributed by atoms with Crippen molar-refractivity contribution in [1.29, 1.82) is 0 Å². The predicted molar refractivity (Wildman–Crippen MR) is 138 cm³/mol. The Balaban J connectivity index is 2.42. The Morgan fingerprint density at radius 2 is 2.03 bits per heavy atom. The standard InChI is InChI=1S/C25H36N4O4Si/c1-7-10-21(28-25(31)32)19-11-9-12-20(15-19)23-22(27-24(30)18(3)8-2)16-26-29(23)17-33-13-14-34(4,5)6/h7-9,11-12,15-16,18,21,28H,1-2,10,13-14,17H2,3-6H3,(H,27,30)(H,31,32)/t18-,21+/m1/s1. The van der Waals surface area contributed by atoms with Crippen LogP contribution in [0.15, 0.2) is 55.8 Å². The first-order chi connectivity index (χ1) is 16.1. The third kappa shape index (κ3) is 8.00. The van der Waals surface area contributed by atoms with Gasteiger partial charge in [-0.15, -0.1) is 13.2 Å². The summed E-state index contributed by atoms with van der Waals surface area (Å²) in [4.78, 5) is 23.8. The number of ether oxygens (including phenoxy) is 1. The molecule has 1 heterocycles. The number of carbonyl (C=O) groups is 2. The Kier molecular flexibility index (Phi) is 9.82. The van der Waals surface area contributed by atoms with Crippen LogP contribution in [0.5, 0.6) is 0 Å². The summed E-state index contributed by atoms with van der Waals surface area (Å²) in [5.41, 5.74) is 2.80. The lowest BCUT2D eigenvalue weighted by atomic mass is 9.99. The summed E-state index contributed by atoms with van der Waals surface area (Å²) in [7, 11) is -1.23. The van der Waals surface area contributed by atoms with E-state index >= 15 is 0 Å². The van der Waals surface area contributed by atoms with Crippen molar-refractivity contribution in [1.82, 2.24) is 15.1 Å². The zero-order valence-corrected chi connectivity index (χ0v) is 21.5. The minimum absolute atomic E-state index is 0.191. The number of nitrogens with zero attached hydrogens (tertiary/aromatic N) is 2. The van der Waals surface area contributed by atoms with Crippen molar-refractivity contribution in [3.8, 4) is 11.3 Å². The molecule has 0 spiro atoms. The summed E-state index contributed by atoms with van der Waals surface area (Å²) in [6, 6.07) is 8.09. The van der Waals surface area contributed by atoms with Gasteiger partial charge in [0.25, 0.3) is 0 Å². The molecule has 2 amide bonds. The van der Waals surface area contributed by atoms with Crippen LogP contribution < -0.4 is 10.6 Å². The molecule has 2 aromatic rings. The summed E-state index contributed by atoms with van der Waals surface area (Å²) >= 11 is 0. The van der Waals surface area contributed by atoms with Gasteiger partial charge in [-0.25, -0.2) is 9.48 Å². The lowest BCUT2D eigenvalue weighted by Crippen LogP contribution is -2.26. The predicted octanol–water partition coefficient (Wildman–Crippen LogP) is 5.51. The highest BCUT2D eigenvalue weighted by molar-refractivity contribution is 6.76. The Hall–Kier alpha value is -3.17. The number of nitrogens with one attached hydrogen (secondary N) is 2. The second-order valence-corrected chi connectivity index (χ2v) is 15.0. The third-order valence-electron chi connectivity index (χ3n) is 5.34. The van der Waals surface area contributed by atoms with Gasteiger partial charge in [-0.05, 0) is 24.1 Å². The second kappa shape index (κ2) is 12.3. The highest BCUT2D eigenvalue weighted by Gasteiger charge is 2.20. The van der Waals surface area contributed by atoms with Crippen LogP contribution in [0.25, 0.3) is 11.3 Å². The summed E-state index contributed by atoms with van der Waals surface area (Å²) in [6.07, 6.45) is 4.19. The molecule has 3 N–H and O–H groups in total. The fourth-order valence-electron chi connectivity index (χ4n) is 3.26. The molecule has 34 heavy (non-hydrogen) atoms. The van der Waals surface area contributed by atoms with E-state index in [-0.39, 0.29) is 18.6 Å². The quantitative estimate of drug-likeness (QED) is 0.198. The number of amides is 2.